The molecule has 1 saturated heterocycles. The summed E-state index contributed by atoms with van der Waals surface area (Å²) in [5.74, 6) is 0. The maximum atomic E-state index is 4.29. The molecule has 0 radical (unpaired) electrons. The standard InChI is InChI=1S/C10H15N3/c1-8-2-3-9(6-12-8)10-4-5-11-7-13-10/h2-3,6,10-11,13H,4-5,7H2,1H3. The maximum absolute atomic E-state index is 4.29. The third-order valence-electron chi connectivity index (χ3n) is 2.42. The van der Waals surface area contributed by atoms with Gasteiger partial charge in [-0.2, -0.15) is 0 Å². The van der Waals surface area contributed by atoms with Crippen LogP contribution in [0.15, 0.2) is 18.3 Å². The second kappa shape index (κ2) is 3.85. The van der Waals surface area contributed by atoms with E-state index >= 15 is 0 Å². The van der Waals surface area contributed by atoms with E-state index in [-0.39, 0.29) is 0 Å². The van der Waals surface area contributed by atoms with Gasteiger partial charge >= 0.3 is 0 Å². The van der Waals surface area contributed by atoms with Gasteiger partial charge < -0.3 is 5.32 Å². The maximum Gasteiger partial charge on any atom is 0.0459 e. The summed E-state index contributed by atoms with van der Waals surface area (Å²) in [6, 6.07) is 4.71. The molecule has 1 unspecified atom stereocenters. The highest BCUT2D eigenvalue weighted by molar-refractivity contribution is 5.17. The smallest absolute Gasteiger partial charge is 0.0459 e. The molecule has 0 spiro atoms. The minimum atomic E-state index is 0.481. The van der Waals surface area contributed by atoms with Crippen LogP contribution in [-0.4, -0.2) is 18.2 Å². The lowest BCUT2D eigenvalue weighted by atomic mass is 10.0. The Balaban J connectivity index is 2.10. The molecule has 3 heteroatoms. The van der Waals surface area contributed by atoms with Gasteiger partial charge in [-0.25, -0.2) is 0 Å². The van der Waals surface area contributed by atoms with E-state index in [9.17, 15) is 0 Å². The summed E-state index contributed by atoms with van der Waals surface area (Å²) >= 11 is 0. The Morgan fingerprint density at radius 3 is 3.00 bits per heavy atom. The molecule has 0 aromatic carbocycles. The van der Waals surface area contributed by atoms with Crippen molar-refractivity contribution >= 4 is 0 Å². The highest BCUT2D eigenvalue weighted by atomic mass is 15.1. The second-order valence-electron chi connectivity index (χ2n) is 3.46. The summed E-state index contributed by atoms with van der Waals surface area (Å²) in [4.78, 5) is 4.29. The molecule has 2 heterocycles. The lowest BCUT2D eigenvalue weighted by Crippen LogP contribution is -2.39. The lowest BCUT2D eigenvalue weighted by molar-refractivity contribution is 0.398. The Morgan fingerprint density at radius 1 is 1.46 bits per heavy atom. The fraction of sp³-hybridized carbons (Fsp3) is 0.500. The van der Waals surface area contributed by atoms with Crippen molar-refractivity contribution in [3.05, 3.63) is 29.6 Å². The summed E-state index contributed by atoms with van der Waals surface area (Å²) < 4.78 is 0. The zero-order valence-corrected chi connectivity index (χ0v) is 7.88. The number of rotatable bonds is 1. The fourth-order valence-corrected chi connectivity index (χ4v) is 1.60. The van der Waals surface area contributed by atoms with E-state index in [1.807, 2.05) is 13.1 Å². The molecule has 2 rings (SSSR count). The summed E-state index contributed by atoms with van der Waals surface area (Å²) in [5, 5.41) is 6.67. The van der Waals surface area contributed by atoms with Crippen LogP contribution in [0.3, 0.4) is 0 Å². The first-order chi connectivity index (χ1) is 6.36. The molecule has 0 saturated carbocycles. The Hall–Kier alpha value is -0.930. The van der Waals surface area contributed by atoms with Crippen molar-refractivity contribution in [2.75, 3.05) is 13.2 Å². The predicted molar refractivity (Wildman–Crippen MR) is 52.3 cm³/mol. The van der Waals surface area contributed by atoms with Gasteiger partial charge in [0.1, 0.15) is 0 Å². The fourth-order valence-electron chi connectivity index (χ4n) is 1.60. The minimum Gasteiger partial charge on any atom is -0.304 e. The number of nitrogens with one attached hydrogen (secondary N) is 2. The molecule has 1 aliphatic rings. The topological polar surface area (TPSA) is 37.0 Å². The number of aryl methyl sites for hydroxylation is 1. The van der Waals surface area contributed by atoms with Gasteiger partial charge in [-0.3, -0.25) is 10.3 Å². The average Bonchev–Trinajstić information content (AvgIpc) is 2.20. The van der Waals surface area contributed by atoms with Crippen LogP contribution in [0.1, 0.15) is 23.7 Å². The monoisotopic (exact) mass is 177 g/mol. The first-order valence-corrected chi connectivity index (χ1v) is 4.73. The largest absolute Gasteiger partial charge is 0.304 e. The molecule has 3 nitrogen and oxygen atoms in total. The van der Waals surface area contributed by atoms with E-state index in [1.54, 1.807) is 0 Å². The molecule has 0 bridgehead atoms. The van der Waals surface area contributed by atoms with Gasteiger partial charge in [0.25, 0.3) is 0 Å². The number of pyridine rings is 1. The first kappa shape index (κ1) is 8.66. The zero-order chi connectivity index (χ0) is 9.10. The summed E-state index contributed by atoms with van der Waals surface area (Å²) in [5.41, 5.74) is 2.38. The van der Waals surface area contributed by atoms with Crippen molar-refractivity contribution in [3.63, 3.8) is 0 Å². The second-order valence-corrected chi connectivity index (χ2v) is 3.46. The van der Waals surface area contributed by atoms with E-state index in [0.29, 0.717) is 6.04 Å². The summed E-state index contributed by atoms with van der Waals surface area (Å²) in [6.07, 6.45) is 3.11. The molecule has 1 fully saturated rings. The molecule has 1 aromatic heterocycles. The van der Waals surface area contributed by atoms with Gasteiger partial charge in [0.05, 0.1) is 0 Å². The van der Waals surface area contributed by atoms with Crippen LogP contribution >= 0.6 is 0 Å². The molecular formula is C10H15N3. The van der Waals surface area contributed by atoms with E-state index in [1.165, 1.54) is 5.56 Å². The van der Waals surface area contributed by atoms with Crippen molar-refractivity contribution in [2.24, 2.45) is 0 Å². The Bertz CT molecular complexity index is 262. The summed E-state index contributed by atoms with van der Waals surface area (Å²) in [6.45, 7) is 4.00. The molecular weight excluding hydrogens is 162 g/mol. The van der Waals surface area contributed by atoms with Crippen LogP contribution in [0.25, 0.3) is 0 Å². The van der Waals surface area contributed by atoms with Crippen LogP contribution in [0.5, 0.6) is 0 Å². The van der Waals surface area contributed by atoms with Gasteiger partial charge in [0.15, 0.2) is 0 Å². The molecule has 1 aliphatic heterocycles. The minimum absolute atomic E-state index is 0.481. The molecule has 1 aromatic rings. The average molecular weight is 177 g/mol. The summed E-state index contributed by atoms with van der Waals surface area (Å²) in [7, 11) is 0. The lowest BCUT2D eigenvalue weighted by Gasteiger charge is -2.24. The number of hydrogen-bond acceptors (Lipinski definition) is 3. The van der Waals surface area contributed by atoms with E-state index in [4.69, 9.17) is 0 Å². The number of aromatic nitrogens is 1. The SMILES string of the molecule is Cc1ccc(C2CCNCN2)cn1. The molecule has 0 aliphatic carbocycles. The van der Waals surface area contributed by atoms with Crippen molar-refractivity contribution in [1.82, 2.24) is 15.6 Å². The molecule has 2 N–H and O–H groups in total. The van der Waals surface area contributed by atoms with Gasteiger partial charge in [0, 0.05) is 24.6 Å². The van der Waals surface area contributed by atoms with Crippen LogP contribution < -0.4 is 10.6 Å². The normalized spacial score (nSPS) is 23.0. The number of hydrogen-bond donors (Lipinski definition) is 2. The third-order valence-corrected chi connectivity index (χ3v) is 2.42. The van der Waals surface area contributed by atoms with Gasteiger partial charge in [-0.15, -0.1) is 0 Å². The zero-order valence-electron chi connectivity index (χ0n) is 7.88. The van der Waals surface area contributed by atoms with Gasteiger partial charge in [0.2, 0.25) is 0 Å². The Labute approximate surface area is 78.6 Å². The van der Waals surface area contributed by atoms with E-state index in [2.05, 4.69) is 27.8 Å². The predicted octanol–water partition coefficient (Wildman–Crippen LogP) is 0.972. The van der Waals surface area contributed by atoms with Crippen molar-refractivity contribution in [1.29, 1.82) is 0 Å². The van der Waals surface area contributed by atoms with Crippen LogP contribution in [0.4, 0.5) is 0 Å². The van der Waals surface area contributed by atoms with Crippen molar-refractivity contribution < 1.29 is 0 Å². The quantitative estimate of drug-likeness (QED) is 0.671. The third kappa shape index (κ3) is 2.05. The van der Waals surface area contributed by atoms with Crippen molar-refractivity contribution in [3.8, 4) is 0 Å². The molecule has 70 valence electrons. The van der Waals surface area contributed by atoms with Crippen molar-refractivity contribution in [2.45, 2.75) is 19.4 Å². The van der Waals surface area contributed by atoms with E-state index in [0.717, 1.165) is 25.3 Å². The van der Waals surface area contributed by atoms with Gasteiger partial charge in [-0.1, -0.05) is 6.07 Å². The first-order valence-electron chi connectivity index (χ1n) is 4.73. The molecule has 1 atom stereocenters. The van der Waals surface area contributed by atoms with Crippen LogP contribution in [0.2, 0.25) is 0 Å². The molecule has 13 heavy (non-hydrogen) atoms. The molecule has 0 amide bonds. The van der Waals surface area contributed by atoms with E-state index < -0.39 is 0 Å². The Morgan fingerprint density at radius 2 is 2.38 bits per heavy atom. The van der Waals surface area contributed by atoms with Crippen LogP contribution in [0, 0.1) is 6.92 Å². The number of nitrogens with zero attached hydrogens (tertiary/aromatic N) is 1. The highest BCUT2D eigenvalue weighted by Crippen LogP contribution is 2.16. The Kier molecular flexibility index (Phi) is 2.57. The highest BCUT2D eigenvalue weighted by Gasteiger charge is 2.13. The van der Waals surface area contributed by atoms with Crippen LogP contribution in [-0.2, 0) is 0 Å². The van der Waals surface area contributed by atoms with Gasteiger partial charge in [-0.05, 0) is 31.5 Å².